The van der Waals surface area contributed by atoms with Gasteiger partial charge in [0.25, 0.3) is 5.91 Å². The normalized spacial score (nSPS) is 10.4. The topological polar surface area (TPSA) is 55.1 Å². The maximum absolute atomic E-state index is 12.0. The maximum atomic E-state index is 12.0. The highest BCUT2D eigenvalue weighted by Crippen LogP contribution is 2.16. The molecule has 0 aliphatic carbocycles. The molecule has 1 amide bonds. The Balaban J connectivity index is 1.72. The Labute approximate surface area is 126 Å². The Morgan fingerprint density at radius 1 is 1.40 bits per heavy atom. The lowest BCUT2D eigenvalue weighted by Gasteiger charge is -2.07. The fraction of sp³-hybridized carbons (Fsp3) is 0.286. The Kier molecular flexibility index (Phi) is 6.01. The van der Waals surface area contributed by atoms with Crippen LogP contribution in [-0.2, 0) is 5.75 Å². The number of furan rings is 1. The van der Waals surface area contributed by atoms with Crippen LogP contribution in [0.1, 0.15) is 16.1 Å². The van der Waals surface area contributed by atoms with Gasteiger partial charge in [0.05, 0.1) is 17.6 Å². The summed E-state index contributed by atoms with van der Waals surface area (Å²) in [5.41, 5.74) is 0.635. The third kappa shape index (κ3) is 4.31. The number of hydrogen-bond donors (Lipinski definition) is 1. The molecule has 2 aromatic heterocycles. The van der Waals surface area contributed by atoms with E-state index in [1.165, 1.54) is 11.8 Å². The summed E-state index contributed by atoms with van der Waals surface area (Å²) in [5, 5.41) is 3.67. The highest BCUT2D eigenvalue weighted by atomic mass is 32.2. The minimum Gasteiger partial charge on any atom is -0.468 e. The van der Waals surface area contributed by atoms with Gasteiger partial charge >= 0.3 is 0 Å². The largest absolute Gasteiger partial charge is 0.468 e. The van der Waals surface area contributed by atoms with Crippen molar-refractivity contribution < 1.29 is 9.21 Å². The van der Waals surface area contributed by atoms with Crippen molar-refractivity contribution in [2.24, 2.45) is 0 Å². The molecule has 2 rings (SSSR count). The van der Waals surface area contributed by atoms with E-state index >= 15 is 0 Å². The summed E-state index contributed by atoms with van der Waals surface area (Å²) in [7, 11) is 0. The van der Waals surface area contributed by atoms with Crippen molar-refractivity contribution in [2.45, 2.75) is 10.8 Å². The summed E-state index contributed by atoms with van der Waals surface area (Å²) in [6.07, 6.45) is 5.28. The average Bonchev–Trinajstić information content (AvgIpc) is 3.00. The Hall–Kier alpha value is -1.40. The standard InChI is InChI=1S/C14H16N2O2S2/c1-19-14-12(5-2-6-16-14)13(17)15-7-9-20-10-11-4-3-8-18-11/h2-6,8H,7,9-10H2,1H3,(H,15,17). The van der Waals surface area contributed by atoms with E-state index < -0.39 is 0 Å². The summed E-state index contributed by atoms with van der Waals surface area (Å²) in [5.74, 6) is 2.56. The van der Waals surface area contributed by atoms with Crippen LogP contribution in [0.2, 0.25) is 0 Å². The predicted octanol–water partition coefficient (Wildman–Crippen LogP) is 3.06. The highest BCUT2D eigenvalue weighted by molar-refractivity contribution is 7.98. The number of hydrogen-bond acceptors (Lipinski definition) is 5. The van der Waals surface area contributed by atoms with Crippen LogP contribution >= 0.6 is 23.5 Å². The number of nitrogens with zero attached hydrogens (tertiary/aromatic N) is 1. The van der Waals surface area contributed by atoms with Crippen molar-refractivity contribution in [1.29, 1.82) is 0 Å². The lowest BCUT2D eigenvalue weighted by atomic mass is 10.3. The first-order chi connectivity index (χ1) is 9.81. The highest BCUT2D eigenvalue weighted by Gasteiger charge is 2.10. The van der Waals surface area contributed by atoms with Crippen LogP contribution in [0.4, 0.5) is 0 Å². The second-order valence-electron chi connectivity index (χ2n) is 3.95. The monoisotopic (exact) mass is 308 g/mol. The van der Waals surface area contributed by atoms with Crippen LogP contribution < -0.4 is 5.32 Å². The van der Waals surface area contributed by atoms with Crippen LogP contribution in [-0.4, -0.2) is 29.4 Å². The third-order valence-electron chi connectivity index (χ3n) is 2.57. The zero-order chi connectivity index (χ0) is 14.2. The van der Waals surface area contributed by atoms with Crippen LogP contribution in [0.15, 0.2) is 46.2 Å². The van der Waals surface area contributed by atoms with E-state index in [0.29, 0.717) is 12.1 Å². The zero-order valence-corrected chi connectivity index (χ0v) is 12.8. The second kappa shape index (κ2) is 8.01. The fourth-order valence-electron chi connectivity index (χ4n) is 1.63. The molecule has 0 aliphatic heterocycles. The number of thioether (sulfide) groups is 2. The summed E-state index contributed by atoms with van der Waals surface area (Å²) < 4.78 is 5.24. The van der Waals surface area contributed by atoms with Gasteiger partial charge < -0.3 is 9.73 Å². The van der Waals surface area contributed by atoms with Crippen LogP contribution in [0.3, 0.4) is 0 Å². The molecule has 0 spiro atoms. The molecular formula is C14H16N2O2S2. The number of pyridine rings is 1. The molecule has 6 heteroatoms. The van der Waals surface area contributed by atoms with E-state index in [-0.39, 0.29) is 5.91 Å². The molecule has 1 N–H and O–H groups in total. The smallest absolute Gasteiger partial charge is 0.254 e. The molecule has 0 aliphatic rings. The number of nitrogens with one attached hydrogen (secondary N) is 1. The maximum Gasteiger partial charge on any atom is 0.254 e. The molecule has 0 atom stereocenters. The molecule has 0 radical (unpaired) electrons. The van der Waals surface area contributed by atoms with Crippen molar-refractivity contribution in [3.05, 3.63) is 48.0 Å². The minimum absolute atomic E-state index is 0.0685. The summed E-state index contributed by atoms with van der Waals surface area (Å²) in [6, 6.07) is 7.40. The van der Waals surface area contributed by atoms with Crippen LogP contribution in [0.25, 0.3) is 0 Å². The van der Waals surface area contributed by atoms with Gasteiger partial charge in [0.15, 0.2) is 0 Å². The van der Waals surface area contributed by atoms with Crippen molar-refractivity contribution in [3.8, 4) is 0 Å². The molecule has 4 nitrogen and oxygen atoms in total. The first kappa shape index (κ1) is 15.0. The van der Waals surface area contributed by atoms with E-state index in [2.05, 4.69) is 10.3 Å². The summed E-state index contributed by atoms with van der Waals surface area (Å²) in [4.78, 5) is 16.2. The lowest BCUT2D eigenvalue weighted by molar-refractivity contribution is 0.0952. The van der Waals surface area contributed by atoms with Gasteiger partial charge in [0.2, 0.25) is 0 Å². The van der Waals surface area contributed by atoms with E-state index in [4.69, 9.17) is 4.42 Å². The Bertz CT molecular complexity index is 544. The van der Waals surface area contributed by atoms with Gasteiger partial charge in [-0.25, -0.2) is 4.98 Å². The van der Waals surface area contributed by atoms with Gasteiger partial charge in [-0.3, -0.25) is 4.79 Å². The number of carbonyl (C=O) groups is 1. The second-order valence-corrected chi connectivity index (χ2v) is 5.85. The molecule has 0 fully saturated rings. The molecule has 106 valence electrons. The quantitative estimate of drug-likeness (QED) is 0.629. The molecule has 0 saturated carbocycles. The van der Waals surface area contributed by atoms with Gasteiger partial charge in [0.1, 0.15) is 10.8 Å². The van der Waals surface area contributed by atoms with Crippen molar-refractivity contribution in [1.82, 2.24) is 10.3 Å². The zero-order valence-electron chi connectivity index (χ0n) is 11.2. The first-order valence-corrected chi connectivity index (χ1v) is 8.56. The third-order valence-corrected chi connectivity index (χ3v) is 4.26. The van der Waals surface area contributed by atoms with Crippen molar-refractivity contribution >= 4 is 29.4 Å². The van der Waals surface area contributed by atoms with E-state index in [0.717, 1.165) is 22.3 Å². The summed E-state index contributed by atoms with van der Waals surface area (Å²) >= 11 is 3.20. The molecule has 0 aromatic carbocycles. The van der Waals surface area contributed by atoms with Gasteiger partial charge in [-0.1, -0.05) is 0 Å². The number of carbonyl (C=O) groups excluding carboxylic acids is 1. The van der Waals surface area contributed by atoms with Crippen molar-refractivity contribution in [3.63, 3.8) is 0 Å². The van der Waals surface area contributed by atoms with E-state index in [1.807, 2.05) is 18.4 Å². The van der Waals surface area contributed by atoms with Crippen LogP contribution in [0.5, 0.6) is 0 Å². The van der Waals surface area contributed by atoms with Crippen molar-refractivity contribution in [2.75, 3.05) is 18.6 Å². The number of amides is 1. The van der Waals surface area contributed by atoms with Gasteiger partial charge in [-0.15, -0.1) is 11.8 Å². The molecule has 0 saturated heterocycles. The average molecular weight is 308 g/mol. The SMILES string of the molecule is CSc1ncccc1C(=O)NCCSCc1ccco1. The van der Waals surface area contributed by atoms with Gasteiger partial charge in [-0.05, 0) is 30.5 Å². The van der Waals surface area contributed by atoms with Crippen LogP contribution in [0, 0.1) is 0 Å². The van der Waals surface area contributed by atoms with E-state index in [9.17, 15) is 4.79 Å². The lowest BCUT2D eigenvalue weighted by Crippen LogP contribution is -2.26. The predicted molar refractivity (Wildman–Crippen MR) is 83.2 cm³/mol. The summed E-state index contributed by atoms with van der Waals surface area (Å²) in [6.45, 7) is 0.632. The number of aromatic nitrogens is 1. The fourth-order valence-corrected chi connectivity index (χ4v) is 2.93. The molecule has 2 aromatic rings. The Morgan fingerprint density at radius 3 is 3.05 bits per heavy atom. The molecule has 0 unspecified atom stereocenters. The number of rotatable bonds is 7. The molecule has 2 heterocycles. The minimum atomic E-state index is -0.0685. The Morgan fingerprint density at radius 2 is 2.30 bits per heavy atom. The first-order valence-electron chi connectivity index (χ1n) is 6.18. The molecule has 0 bridgehead atoms. The van der Waals surface area contributed by atoms with Gasteiger partial charge in [0, 0.05) is 18.5 Å². The molecule has 20 heavy (non-hydrogen) atoms. The van der Waals surface area contributed by atoms with E-state index in [1.54, 1.807) is 36.4 Å². The van der Waals surface area contributed by atoms with Gasteiger partial charge in [-0.2, -0.15) is 11.8 Å². The molecular weight excluding hydrogens is 292 g/mol.